The minimum absolute atomic E-state index is 0.00141. The van der Waals surface area contributed by atoms with Crippen LogP contribution in [-0.2, 0) is 6.42 Å². The van der Waals surface area contributed by atoms with Crippen LogP contribution in [-0.4, -0.2) is 16.3 Å². The molecule has 6 atom stereocenters. The van der Waals surface area contributed by atoms with E-state index < -0.39 is 0 Å². The lowest BCUT2D eigenvalue weighted by Gasteiger charge is -2.54. The SMILES string of the molecule is C=C(C)C1CC2c3ccc(O)cc3CCC2C2CCC(O)C12C. The Morgan fingerprint density at radius 2 is 2.04 bits per heavy atom. The molecule has 2 nitrogen and oxygen atoms in total. The van der Waals surface area contributed by atoms with E-state index in [2.05, 4.69) is 26.5 Å². The molecule has 0 aliphatic heterocycles. The van der Waals surface area contributed by atoms with Crippen molar-refractivity contribution in [1.29, 1.82) is 0 Å². The molecule has 0 radical (unpaired) electrons. The van der Waals surface area contributed by atoms with E-state index in [0.717, 1.165) is 25.7 Å². The molecule has 1 aromatic carbocycles. The van der Waals surface area contributed by atoms with Gasteiger partial charge in [-0.2, -0.15) is 0 Å². The third kappa shape index (κ3) is 2.04. The molecule has 0 heterocycles. The van der Waals surface area contributed by atoms with Gasteiger partial charge >= 0.3 is 0 Å². The van der Waals surface area contributed by atoms with E-state index >= 15 is 0 Å². The molecular weight excluding hydrogens is 284 g/mol. The fourth-order valence-corrected chi connectivity index (χ4v) is 6.32. The van der Waals surface area contributed by atoms with Crippen LogP contribution in [0, 0.1) is 23.2 Å². The lowest BCUT2D eigenvalue weighted by Crippen LogP contribution is -2.50. The van der Waals surface area contributed by atoms with Gasteiger partial charge < -0.3 is 10.2 Å². The quantitative estimate of drug-likeness (QED) is 0.754. The summed E-state index contributed by atoms with van der Waals surface area (Å²) in [5.41, 5.74) is 3.99. The number of aryl methyl sites for hydroxylation is 1. The van der Waals surface area contributed by atoms with E-state index in [-0.39, 0.29) is 11.5 Å². The number of hydrogen-bond acceptors (Lipinski definition) is 2. The van der Waals surface area contributed by atoms with Crippen LogP contribution < -0.4 is 0 Å². The van der Waals surface area contributed by atoms with Gasteiger partial charge in [0.1, 0.15) is 5.75 Å². The van der Waals surface area contributed by atoms with Crippen LogP contribution in [0.15, 0.2) is 30.4 Å². The highest BCUT2D eigenvalue weighted by molar-refractivity contribution is 5.40. The lowest BCUT2D eigenvalue weighted by atomic mass is 9.50. The highest BCUT2D eigenvalue weighted by Crippen LogP contribution is 2.64. The zero-order chi connectivity index (χ0) is 16.4. The van der Waals surface area contributed by atoms with Crippen LogP contribution in [0.5, 0.6) is 5.75 Å². The van der Waals surface area contributed by atoms with Crippen LogP contribution in [0.4, 0.5) is 0 Å². The Morgan fingerprint density at radius 3 is 2.78 bits per heavy atom. The zero-order valence-corrected chi connectivity index (χ0v) is 14.3. The number of phenolic OH excluding ortho intramolecular Hbond substituents is 1. The zero-order valence-electron chi connectivity index (χ0n) is 14.3. The van der Waals surface area contributed by atoms with E-state index in [1.54, 1.807) is 0 Å². The first-order chi connectivity index (χ1) is 10.9. The predicted molar refractivity (Wildman–Crippen MR) is 92.4 cm³/mol. The normalized spacial score (nSPS) is 41.8. The first kappa shape index (κ1) is 15.3. The van der Waals surface area contributed by atoms with Crippen molar-refractivity contribution < 1.29 is 10.2 Å². The molecule has 1 aromatic rings. The number of benzene rings is 1. The van der Waals surface area contributed by atoms with Gasteiger partial charge in [0.2, 0.25) is 0 Å². The van der Waals surface area contributed by atoms with E-state index in [0.29, 0.717) is 29.4 Å². The van der Waals surface area contributed by atoms with Crippen molar-refractivity contribution in [3.63, 3.8) is 0 Å². The standard InChI is InChI=1S/C21H28O2/c1-12(2)19-11-17-15-7-5-14(22)10-13(15)4-6-16(17)18-8-9-20(23)21(18,19)3/h5,7,10,16-20,22-23H,1,4,6,8-9,11H2,2-3H3. The van der Waals surface area contributed by atoms with Crippen molar-refractivity contribution in [3.05, 3.63) is 41.5 Å². The highest BCUT2D eigenvalue weighted by atomic mass is 16.3. The summed E-state index contributed by atoms with van der Waals surface area (Å²) in [5.74, 6) is 2.61. The number of phenols is 1. The summed E-state index contributed by atoms with van der Waals surface area (Å²) >= 11 is 0. The summed E-state index contributed by atoms with van der Waals surface area (Å²) < 4.78 is 0. The third-order valence-corrected chi connectivity index (χ3v) is 7.41. The van der Waals surface area contributed by atoms with Gasteiger partial charge in [-0.1, -0.05) is 25.1 Å². The summed E-state index contributed by atoms with van der Waals surface area (Å²) in [5, 5.41) is 20.6. The fourth-order valence-electron chi connectivity index (χ4n) is 6.32. The molecule has 23 heavy (non-hydrogen) atoms. The maximum atomic E-state index is 10.8. The van der Waals surface area contributed by atoms with Crippen LogP contribution >= 0.6 is 0 Å². The van der Waals surface area contributed by atoms with Gasteiger partial charge in [0.05, 0.1) is 6.10 Å². The fraction of sp³-hybridized carbons (Fsp3) is 0.619. The number of aliphatic hydroxyl groups is 1. The molecule has 6 unspecified atom stereocenters. The number of rotatable bonds is 1. The number of fused-ring (bicyclic) bond motifs is 5. The van der Waals surface area contributed by atoms with E-state index in [4.69, 9.17) is 0 Å². The van der Waals surface area contributed by atoms with Crippen LogP contribution in [0.2, 0.25) is 0 Å². The predicted octanol–water partition coefficient (Wildman–Crippen LogP) is 4.41. The van der Waals surface area contributed by atoms with Gasteiger partial charge in [-0.3, -0.25) is 0 Å². The summed E-state index contributed by atoms with van der Waals surface area (Å²) in [7, 11) is 0. The molecule has 2 heteroatoms. The van der Waals surface area contributed by atoms with Crippen molar-refractivity contribution in [1.82, 2.24) is 0 Å². The van der Waals surface area contributed by atoms with Crippen LogP contribution in [0.25, 0.3) is 0 Å². The number of allylic oxidation sites excluding steroid dienone is 1. The van der Waals surface area contributed by atoms with Crippen molar-refractivity contribution in [2.75, 3.05) is 0 Å². The summed E-state index contributed by atoms with van der Waals surface area (Å²) in [4.78, 5) is 0. The molecule has 2 saturated carbocycles. The Bertz CT molecular complexity index is 649. The molecule has 2 fully saturated rings. The second-order valence-corrected chi connectivity index (χ2v) is 8.39. The van der Waals surface area contributed by atoms with Crippen molar-refractivity contribution in [2.24, 2.45) is 23.2 Å². The maximum Gasteiger partial charge on any atom is 0.115 e. The molecule has 4 rings (SSSR count). The molecule has 2 N–H and O–H groups in total. The molecule has 3 aliphatic carbocycles. The Morgan fingerprint density at radius 1 is 1.26 bits per heavy atom. The summed E-state index contributed by atoms with van der Waals surface area (Å²) in [6.45, 7) is 8.73. The van der Waals surface area contributed by atoms with Crippen molar-refractivity contribution in [3.8, 4) is 5.75 Å². The number of aromatic hydroxyl groups is 1. The molecule has 0 spiro atoms. The minimum atomic E-state index is -0.184. The van der Waals surface area contributed by atoms with Gasteiger partial charge in [0.25, 0.3) is 0 Å². The van der Waals surface area contributed by atoms with Gasteiger partial charge in [-0.05, 0) is 86.0 Å². The van der Waals surface area contributed by atoms with E-state index in [1.807, 2.05) is 12.1 Å². The average Bonchev–Trinajstić information content (AvgIpc) is 2.82. The lowest BCUT2D eigenvalue weighted by molar-refractivity contribution is -0.0563. The molecule has 0 aromatic heterocycles. The number of aliphatic hydroxyl groups excluding tert-OH is 1. The first-order valence-electron chi connectivity index (χ1n) is 9.08. The van der Waals surface area contributed by atoms with Gasteiger partial charge in [0.15, 0.2) is 0 Å². The molecule has 3 aliphatic rings. The molecule has 0 bridgehead atoms. The van der Waals surface area contributed by atoms with Gasteiger partial charge in [-0.25, -0.2) is 0 Å². The monoisotopic (exact) mass is 312 g/mol. The van der Waals surface area contributed by atoms with Crippen LogP contribution in [0.3, 0.4) is 0 Å². The summed E-state index contributed by atoms with van der Waals surface area (Å²) in [6, 6.07) is 5.94. The smallest absolute Gasteiger partial charge is 0.115 e. The molecule has 124 valence electrons. The highest BCUT2D eigenvalue weighted by Gasteiger charge is 2.58. The topological polar surface area (TPSA) is 40.5 Å². The Balaban J connectivity index is 1.79. The average molecular weight is 312 g/mol. The largest absolute Gasteiger partial charge is 0.508 e. The molecule has 0 saturated heterocycles. The maximum absolute atomic E-state index is 10.8. The molecular formula is C21H28O2. The Kier molecular flexibility index (Phi) is 3.39. The van der Waals surface area contributed by atoms with Gasteiger partial charge in [-0.15, -0.1) is 0 Å². The number of hydrogen-bond donors (Lipinski definition) is 2. The minimum Gasteiger partial charge on any atom is -0.508 e. The third-order valence-electron chi connectivity index (χ3n) is 7.41. The first-order valence-corrected chi connectivity index (χ1v) is 9.08. The summed E-state index contributed by atoms with van der Waals surface area (Å²) in [6.07, 6.45) is 5.26. The van der Waals surface area contributed by atoms with Crippen molar-refractivity contribution >= 4 is 0 Å². The second kappa shape index (κ2) is 5.11. The Hall–Kier alpha value is -1.28. The van der Waals surface area contributed by atoms with E-state index in [9.17, 15) is 10.2 Å². The van der Waals surface area contributed by atoms with E-state index in [1.165, 1.54) is 23.1 Å². The molecule has 0 amide bonds. The Labute approximate surface area is 139 Å². The van der Waals surface area contributed by atoms with Crippen molar-refractivity contribution in [2.45, 2.75) is 58.0 Å². The van der Waals surface area contributed by atoms with Gasteiger partial charge in [0, 0.05) is 5.41 Å². The second-order valence-electron chi connectivity index (χ2n) is 8.39. The van der Waals surface area contributed by atoms with Crippen LogP contribution in [0.1, 0.15) is 56.6 Å².